The highest BCUT2D eigenvalue weighted by molar-refractivity contribution is 6.06. The Bertz CT molecular complexity index is 612. The molecule has 0 fully saturated rings. The SMILES string of the molecule is CCC(O)(CC)CNC(=O)c1cn(C)c2ccccc12. The maximum atomic E-state index is 12.3. The summed E-state index contributed by atoms with van der Waals surface area (Å²) in [7, 11) is 1.92. The van der Waals surface area contributed by atoms with Crippen LogP contribution in [-0.2, 0) is 7.05 Å². The van der Waals surface area contributed by atoms with Crippen molar-refractivity contribution in [3.63, 3.8) is 0 Å². The first-order valence-electron chi connectivity index (χ1n) is 7.05. The minimum Gasteiger partial charge on any atom is -0.388 e. The van der Waals surface area contributed by atoms with Gasteiger partial charge < -0.3 is 15.0 Å². The van der Waals surface area contributed by atoms with Crippen molar-refractivity contribution in [3.8, 4) is 0 Å². The van der Waals surface area contributed by atoms with Crippen LogP contribution in [0.1, 0.15) is 37.0 Å². The molecule has 2 aromatic rings. The van der Waals surface area contributed by atoms with E-state index in [1.807, 2.05) is 55.9 Å². The van der Waals surface area contributed by atoms with Gasteiger partial charge in [-0.1, -0.05) is 32.0 Å². The molecule has 0 spiro atoms. The number of nitrogens with one attached hydrogen (secondary N) is 1. The number of fused-ring (bicyclic) bond motifs is 1. The summed E-state index contributed by atoms with van der Waals surface area (Å²) in [5.74, 6) is -0.137. The second kappa shape index (κ2) is 5.67. The summed E-state index contributed by atoms with van der Waals surface area (Å²) in [4.78, 5) is 12.3. The number of aliphatic hydroxyl groups is 1. The molecule has 4 nitrogen and oxygen atoms in total. The Morgan fingerprint density at radius 2 is 1.95 bits per heavy atom. The number of aromatic nitrogens is 1. The van der Waals surface area contributed by atoms with E-state index < -0.39 is 5.60 Å². The smallest absolute Gasteiger partial charge is 0.253 e. The highest BCUT2D eigenvalue weighted by atomic mass is 16.3. The second-order valence-corrected chi connectivity index (χ2v) is 5.28. The molecule has 108 valence electrons. The van der Waals surface area contributed by atoms with Crippen LogP contribution in [0.4, 0.5) is 0 Å². The van der Waals surface area contributed by atoms with Crippen LogP contribution in [0.5, 0.6) is 0 Å². The highest BCUT2D eigenvalue weighted by Crippen LogP contribution is 2.20. The zero-order chi connectivity index (χ0) is 14.8. The van der Waals surface area contributed by atoms with E-state index in [0.717, 1.165) is 10.9 Å². The summed E-state index contributed by atoms with van der Waals surface area (Å²) in [6.45, 7) is 4.13. The molecule has 1 amide bonds. The highest BCUT2D eigenvalue weighted by Gasteiger charge is 2.23. The number of amides is 1. The van der Waals surface area contributed by atoms with E-state index in [2.05, 4.69) is 5.32 Å². The van der Waals surface area contributed by atoms with Gasteiger partial charge >= 0.3 is 0 Å². The van der Waals surface area contributed by atoms with Crippen molar-refractivity contribution in [2.24, 2.45) is 7.05 Å². The normalized spacial score (nSPS) is 11.8. The molecule has 2 rings (SSSR count). The van der Waals surface area contributed by atoms with Crippen molar-refractivity contribution in [1.29, 1.82) is 0 Å². The van der Waals surface area contributed by atoms with Gasteiger partial charge in [-0.2, -0.15) is 0 Å². The number of hydrogen-bond donors (Lipinski definition) is 2. The number of nitrogens with zero attached hydrogens (tertiary/aromatic N) is 1. The topological polar surface area (TPSA) is 54.3 Å². The Hall–Kier alpha value is -1.81. The molecule has 0 radical (unpaired) electrons. The molecule has 4 heteroatoms. The molecule has 0 bridgehead atoms. The summed E-state index contributed by atoms with van der Waals surface area (Å²) in [6, 6.07) is 7.81. The van der Waals surface area contributed by atoms with E-state index in [1.165, 1.54) is 0 Å². The van der Waals surface area contributed by atoms with Gasteiger partial charge in [0.25, 0.3) is 5.91 Å². The zero-order valence-electron chi connectivity index (χ0n) is 12.3. The summed E-state index contributed by atoms with van der Waals surface area (Å²) in [5.41, 5.74) is 0.858. The molecule has 0 aliphatic carbocycles. The van der Waals surface area contributed by atoms with E-state index in [9.17, 15) is 9.90 Å². The van der Waals surface area contributed by atoms with Crippen molar-refractivity contribution in [3.05, 3.63) is 36.0 Å². The minimum atomic E-state index is -0.819. The number of aryl methyl sites for hydroxylation is 1. The predicted molar refractivity (Wildman–Crippen MR) is 80.8 cm³/mol. The summed E-state index contributed by atoms with van der Waals surface area (Å²) >= 11 is 0. The standard InChI is InChI=1S/C16H22N2O2/c1-4-16(20,5-2)11-17-15(19)13-10-18(3)14-9-7-6-8-12(13)14/h6-10,20H,4-5,11H2,1-3H3,(H,17,19). The van der Waals surface area contributed by atoms with Gasteiger partial charge in [0.05, 0.1) is 11.2 Å². The molecule has 0 unspecified atom stereocenters. The molecule has 0 saturated heterocycles. The molecular formula is C16H22N2O2. The summed E-state index contributed by atoms with van der Waals surface area (Å²) < 4.78 is 1.94. The zero-order valence-corrected chi connectivity index (χ0v) is 12.3. The number of benzene rings is 1. The Morgan fingerprint density at radius 1 is 1.30 bits per heavy atom. The van der Waals surface area contributed by atoms with Crippen LogP contribution in [-0.4, -0.2) is 27.7 Å². The molecule has 1 heterocycles. The Morgan fingerprint density at radius 3 is 2.60 bits per heavy atom. The summed E-state index contributed by atoms with van der Waals surface area (Å²) in [6.07, 6.45) is 3.08. The monoisotopic (exact) mass is 274 g/mol. The third kappa shape index (κ3) is 2.70. The van der Waals surface area contributed by atoms with Crippen LogP contribution >= 0.6 is 0 Å². The fourth-order valence-electron chi connectivity index (χ4n) is 2.36. The lowest BCUT2D eigenvalue weighted by atomic mass is 9.97. The lowest BCUT2D eigenvalue weighted by Gasteiger charge is -2.25. The van der Waals surface area contributed by atoms with Crippen LogP contribution in [0.3, 0.4) is 0 Å². The van der Waals surface area contributed by atoms with E-state index in [0.29, 0.717) is 18.4 Å². The van der Waals surface area contributed by atoms with Gasteiger partial charge in [0.1, 0.15) is 0 Å². The Balaban J connectivity index is 2.20. The van der Waals surface area contributed by atoms with E-state index >= 15 is 0 Å². The van der Waals surface area contributed by atoms with E-state index in [1.54, 1.807) is 0 Å². The van der Waals surface area contributed by atoms with Crippen molar-refractivity contribution in [2.45, 2.75) is 32.3 Å². The van der Waals surface area contributed by atoms with E-state index in [-0.39, 0.29) is 12.5 Å². The maximum absolute atomic E-state index is 12.3. The van der Waals surface area contributed by atoms with Crippen molar-refractivity contribution < 1.29 is 9.90 Å². The fraction of sp³-hybridized carbons (Fsp3) is 0.438. The molecule has 0 atom stereocenters. The average molecular weight is 274 g/mol. The van der Waals surface area contributed by atoms with Crippen LogP contribution in [0, 0.1) is 0 Å². The number of hydrogen-bond acceptors (Lipinski definition) is 2. The molecule has 1 aromatic carbocycles. The van der Waals surface area contributed by atoms with Crippen molar-refractivity contribution in [1.82, 2.24) is 9.88 Å². The number of carbonyl (C=O) groups excluding carboxylic acids is 1. The molecule has 1 aromatic heterocycles. The summed E-state index contributed by atoms with van der Waals surface area (Å²) in [5, 5.41) is 14.0. The quantitative estimate of drug-likeness (QED) is 0.880. The first-order valence-corrected chi connectivity index (χ1v) is 7.05. The van der Waals surface area contributed by atoms with Gasteiger partial charge in [-0.15, -0.1) is 0 Å². The molecule has 20 heavy (non-hydrogen) atoms. The van der Waals surface area contributed by atoms with Gasteiger partial charge in [-0.3, -0.25) is 4.79 Å². The number of rotatable bonds is 5. The van der Waals surface area contributed by atoms with Crippen LogP contribution < -0.4 is 5.32 Å². The van der Waals surface area contributed by atoms with Crippen molar-refractivity contribution in [2.75, 3.05) is 6.54 Å². The first-order chi connectivity index (χ1) is 9.50. The molecule has 2 N–H and O–H groups in total. The maximum Gasteiger partial charge on any atom is 0.253 e. The lowest BCUT2D eigenvalue weighted by Crippen LogP contribution is -2.42. The Kier molecular flexibility index (Phi) is 4.14. The molecule has 0 aliphatic heterocycles. The van der Waals surface area contributed by atoms with Gasteiger partial charge in [-0.05, 0) is 18.9 Å². The van der Waals surface area contributed by atoms with Crippen molar-refractivity contribution >= 4 is 16.8 Å². The molecular weight excluding hydrogens is 252 g/mol. The van der Waals surface area contributed by atoms with E-state index in [4.69, 9.17) is 0 Å². The van der Waals surface area contributed by atoms with Crippen LogP contribution in [0.25, 0.3) is 10.9 Å². The van der Waals surface area contributed by atoms with Gasteiger partial charge in [0.15, 0.2) is 0 Å². The largest absolute Gasteiger partial charge is 0.388 e. The molecule has 0 saturated carbocycles. The van der Waals surface area contributed by atoms with Gasteiger partial charge in [-0.25, -0.2) is 0 Å². The number of carbonyl (C=O) groups is 1. The lowest BCUT2D eigenvalue weighted by molar-refractivity contribution is 0.0314. The van der Waals surface area contributed by atoms with Gasteiger partial charge in [0.2, 0.25) is 0 Å². The average Bonchev–Trinajstić information content (AvgIpc) is 2.82. The third-order valence-electron chi connectivity index (χ3n) is 4.04. The fourth-order valence-corrected chi connectivity index (χ4v) is 2.36. The number of para-hydroxylation sites is 1. The molecule has 0 aliphatic rings. The second-order valence-electron chi connectivity index (χ2n) is 5.28. The first kappa shape index (κ1) is 14.6. The van der Waals surface area contributed by atoms with Gasteiger partial charge in [0, 0.05) is 30.7 Å². The predicted octanol–water partition coefficient (Wildman–Crippen LogP) is 2.46. The minimum absolute atomic E-state index is 0.137. The van der Waals surface area contributed by atoms with Crippen LogP contribution in [0.15, 0.2) is 30.5 Å². The Labute approximate surface area is 119 Å². The third-order valence-corrected chi connectivity index (χ3v) is 4.04. The van der Waals surface area contributed by atoms with Crippen LogP contribution in [0.2, 0.25) is 0 Å².